The molecule has 2 atom stereocenters. The molecule has 0 aromatic rings. The van der Waals surface area contributed by atoms with E-state index in [9.17, 15) is 0 Å². The second-order valence-electron chi connectivity index (χ2n) is 4.23. The third-order valence-electron chi connectivity index (χ3n) is 3.04. The SMILES string of the molecule is CCCCC(CO)CCC(CC)CO. The zero-order valence-electron chi connectivity index (χ0n) is 9.71. The third-order valence-corrected chi connectivity index (χ3v) is 3.04. The third kappa shape index (κ3) is 6.39. The molecule has 0 radical (unpaired) electrons. The quantitative estimate of drug-likeness (QED) is 0.603. The lowest BCUT2D eigenvalue weighted by atomic mass is 9.92. The molecule has 0 aliphatic carbocycles. The van der Waals surface area contributed by atoms with E-state index in [0.29, 0.717) is 25.0 Å². The van der Waals surface area contributed by atoms with Crippen molar-refractivity contribution in [3.63, 3.8) is 0 Å². The summed E-state index contributed by atoms with van der Waals surface area (Å²) in [5.74, 6) is 0.890. The first-order chi connectivity index (χ1) is 6.78. The molecular formula is C12H26O2. The highest BCUT2D eigenvalue weighted by Crippen LogP contribution is 2.19. The van der Waals surface area contributed by atoms with Crippen molar-refractivity contribution in [1.29, 1.82) is 0 Å². The molecule has 0 spiro atoms. The maximum absolute atomic E-state index is 9.15. The van der Waals surface area contributed by atoms with Crippen LogP contribution < -0.4 is 0 Å². The maximum atomic E-state index is 9.15. The van der Waals surface area contributed by atoms with Gasteiger partial charge in [0.25, 0.3) is 0 Å². The van der Waals surface area contributed by atoms with Gasteiger partial charge in [-0.1, -0.05) is 33.1 Å². The zero-order chi connectivity index (χ0) is 10.8. The van der Waals surface area contributed by atoms with Crippen LogP contribution in [0, 0.1) is 11.8 Å². The predicted octanol–water partition coefficient (Wildman–Crippen LogP) is 2.58. The Morgan fingerprint density at radius 1 is 0.857 bits per heavy atom. The van der Waals surface area contributed by atoms with E-state index in [4.69, 9.17) is 10.2 Å². The van der Waals surface area contributed by atoms with Gasteiger partial charge >= 0.3 is 0 Å². The molecule has 86 valence electrons. The summed E-state index contributed by atoms with van der Waals surface area (Å²) in [6, 6.07) is 0. The van der Waals surface area contributed by atoms with E-state index in [1.165, 1.54) is 12.8 Å². The van der Waals surface area contributed by atoms with Crippen molar-refractivity contribution in [1.82, 2.24) is 0 Å². The summed E-state index contributed by atoms with van der Waals surface area (Å²) in [5.41, 5.74) is 0. The van der Waals surface area contributed by atoms with Crippen molar-refractivity contribution in [2.75, 3.05) is 13.2 Å². The van der Waals surface area contributed by atoms with E-state index in [-0.39, 0.29) is 0 Å². The van der Waals surface area contributed by atoms with Gasteiger partial charge in [-0.3, -0.25) is 0 Å². The van der Waals surface area contributed by atoms with Gasteiger partial charge < -0.3 is 10.2 Å². The largest absolute Gasteiger partial charge is 0.396 e. The lowest BCUT2D eigenvalue weighted by molar-refractivity contribution is 0.174. The second-order valence-corrected chi connectivity index (χ2v) is 4.23. The van der Waals surface area contributed by atoms with Crippen molar-refractivity contribution >= 4 is 0 Å². The Morgan fingerprint density at radius 3 is 1.86 bits per heavy atom. The van der Waals surface area contributed by atoms with E-state index in [2.05, 4.69) is 13.8 Å². The van der Waals surface area contributed by atoms with E-state index >= 15 is 0 Å². The van der Waals surface area contributed by atoms with Crippen molar-refractivity contribution in [2.24, 2.45) is 11.8 Å². The molecule has 2 nitrogen and oxygen atoms in total. The van der Waals surface area contributed by atoms with Gasteiger partial charge in [0.15, 0.2) is 0 Å². The van der Waals surface area contributed by atoms with Gasteiger partial charge in [-0.15, -0.1) is 0 Å². The molecule has 14 heavy (non-hydrogen) atoms. The zero-order valence-corrected chi connectivity index (χ0v) is 9.71. The topological polar surface area (TPSA) is 40.5 Å². The molecule has 0 aromatic carbocycles. The fourth-order valence-corrected chi connectivity index (χ4v) is 1.72. The minimum Gasteiger partial charge on any atom is -0.396 e. The van der Waals surface area contributed by atoms with Crippen LogP contribution in [0.5, 0.6) is 0 Å². The maximum Gasteiger partial charge on any atom is 0.0459 e. The highest BCUT2D eigenvalue weighted by Gasteiger charge is 2.10. The Bertz CT molecular complexity index is 111. The Kier molecular flexibility index (Phi) is 9.42. The molecule has 0 fully saturated rings. The number of hydrogen-bond donors (Lipinski definition) is 2. The van der Waals surface area contributed by atoms with Crippen LogP contribution >= 0.6 is 0 Å². The lowest BCUT2D eigenvalue weighted by Gasteiger charge is -2.17. The Hall–Kier alpha value is -0.0800. The molecule has 0 aliphatic rings. The first-order valence-electron chi connectivity index (χ1n) is 6.00. The highest BCUT2D eigenvalue weighted by atomic mass is 16.3. The average molecular weight is 202 g/mol. The fraction of sp³-hybridized carbons (Fsp3) is 1.00. The number of aliphatic hydroxyl groups excluding tert-OH is 2. The van der Waals surface area contributed by atoms with Crippen LogP contribution in [0.1, 0.15) is 52.4 Å². The van der Waals surface area contributed by atoms with Crippen LogP contribution in [0.2, 0.25) is 0 Å². The van der Waals surface area contributed by atoms with E-state index in [1.54, 1.807) is 0 Å². The molecular weight excluding hydrogens is 176 g/mol. The molecule has 0 heterocycles. The standard InChI is InChI=1S/C12H26O2/c1-3-5-6-12(10-14)8-7-11(4-2)9-13/h11-14H,3-10H2,1-2H3. The molecule has 0 rings (SSSR count). The molecule has 0 saturated heterocycles. The van der Waals surface area contributed by atoms with Crippen LogP contribution in [0.15, 0.2) is 0 Å². The summed E-state index contributed by atoms with van der Waals surface area (Å²) in [5, 5.41) is 18.2. The molecule has 0 aromatic heterocycles. The van der Waals surface area contributed by atoms with Gasteiger partial charge in [0.2, 0.25) is 0 Å². The smallest absolute Gasteiger partial charge is 0.0459 e. The molecule has 0 amide bonds. The van der Waals surface area contributed by atoms with Crippen LogP contribution in [0.4, 0.5) is 0 Å². The summed E-state index contributed by atoms with van der Waals surface area (Å²) in [6.45, 7) is 4.89. The molecule has 2 unspecified atom stereocenters. The van der Waals surface area contributed by atoms with Gasteiger partial charge in [0.05, 0.1) is 0 Å². The van der Waals surface area contributed by atoms with Gasteiger partial charge in [0.1, 0.15) is 0 Å². The Balaban J connectivity index is 3.59. The first kappa shape index (κ1) is 13.9. The fourth-order valence-electron chi connectivity index (χ4n) is 1.72. The molecule has 0 aliphatic heterocycles. The summed E-state index contributed by atoms with van der Waals surface area (Å²) in [6.07, 6.45) is 6.71. The van der Waals surface area contributed by atoms with Crippen molar-refractivity contribution in [3.05, 3.63) is 0 Å². The lowest BCUT2D eigenvalue weighted by Crippen LogP contribution is -2.11. The van der Waals surface area contributed by atoms with Gasteiger partial charge in [-0.25, -0.2) is 0 Å². The van der Waals surface area contributed by atoms with Crippen molar-refractivity contribution < 1.29 is 10.2 Å². The summed E-state index contributed by atoms with van der Waals surface area (Å²) in [4.78, 5) is 0. The summed E-state index contributed by atoms with van der Waals surface area (Å²) < 4.78 is 0. The molecule has 2 N–H and O–H groups in total. The predicted molar refractivity (Wildman–Crippen MR) is 60.2 cm³/mol. The number of rotatable bonds is 9. The van der Waals surface area contributed by atoms with Gasteiger partial charge in [0, 0.05) is 13.2 Å². The molecule has 2 heteroatoms. The number of unbranched alkanes of at least 4 members (excludes halogenated alkanes) is 1. The van der Waals surface area contributed by atoms with Crippen LogP contribution in [0.25, 0.3) is 0 Å². The van der Waals surface area contributed by atoms with Crippen LogP contribution in [-0.4, -0.2) is 23.4 Å². The first-order valence-corrected chi connectivity index (χ1v) is 6.00. The Labute approximate surface area is 88.3 Å². The van der Waals surface area contributed by atoms with Crippen LogP contribution in [-0.2, 0) is 0 Å². The van der Waals surface area contributed by atoms with E-state index < -0.39 is 0 Å². The average Bonchev–Trinajstić information content (AvgIpc) is 2.23. The second kappa shape index (κ2) is 9.47. The van der Waals surface area contributed by atoms with Gasteiger partial charge in [-0.05, 0) is 31.1 Å². The highest BCUT2D eigenvalue weighted by molar-refractivity contribution is 4.62. The summed E-state index contributed by atoms with van der Waals surface area (Å²) >= 11 is 0. The molecule has 0 bridgehead atoms. The Morgan fingerprint density at radius 2 is 1.43 bits per heavy atom. The summed E-state index contributed by atoms with van der Waals surface area (Å²) in [7, 11) is 0. The normalized spacial score (nSPS) is 15.4. The monoisotopic (exact) mass is 202 g/mol. The molecule has 0 saturated carbocycles. The van der Waals surface area contributed by atoms with Crippen LogP contribution in [0.3, 0.4) is 0 Å². The van der Waals surface area contributed by atoms with Crippen molar-refractivity contribution in [2.45, 2.75) is 52.4 Å². The van der Waals surface area contributed by atoms with E-state index in [0.717, 1.165) is 25.7 Å². The number of aliphatic hydroxyl groups is 2. The van der Waals surface area contributed by atoms with Gasteiger partial charge in [-0.2, -0.15) is 0 Å². The minimum absolute atomic E-state index is 0.294. The van der Waals surface area contributed by atoms with Crippen molar-refractivity contribution in [3.8, 4) is 0 Å². The van der Waals surface area contributed by atoms with E-state index in [1.807, 2.05) is 0 Å². The minimum atomic E-state index is 0.294. The number of hydrogen-bond acceptors (Lipinski definition) is 2.